The van der Waals surface area contributed by atoms with E-state index in [1.165, 1.54) is 12.8 Å². The van der Waals surface area contributed by atoms with Gasteiger partial charge in [0.05, 0.1) is 6.54 Å². The molecule has 0 saturated carbocycles. The molecule has 0 radical (unpaired) electrons. The SMILES string of the molecule is CC(N)C1CCCCN1CC(=O)N1CCN(C)CC1. The highest BCUT2D eigenvalue weighted by molar-refractivity contribution is 5.78. The highest BCUT2D eigenvalue weighted by Crippen LogP contribution is 2.19. The molecular formula is C14H28N4O. The summed E-state index contributed by atoms with van der Waals surface area (Å²) in [6.07, 6.45) is 3.57. The molecule has 2 atom stereocenters. The van der Waals surface area contributed by atoms with Crippen LogP contribution in [0.5, 0.6) is 0 Å². The maximum atomic E-state index is 12.4. The number of rotatable bonds is 3. The predicted molar refractivity (Wildman–Crippen MR) is 76.9 cm³/mol. The van der Waals surface area contributed by atoms with E-state index in [-0.39, 0.29) is 11.9 Å². The molecule has 2 unspecified atom stereocenters. The number of nitrogens with zero attached hydrogens (tertiary/aromatic N) is 3. The fourth-order valence-corrected chi connectivity index (χ4v) is 3.14. The van der Waals surface area contributed by atoms with Crippen molar-refractivity contribution < 1.29 is 4.79 Å². The Kier molecular flexibility index (Phi) is 5.19. The molecule has 5 heteroatoms. The lowest BCUT2D eigenvalue weighted by molar-refractivity contribution is -0.135. The van der Waals surface area contributed by atoms with Crippen molar-refractivity contribution in [1.82, 2.24) is 14.7 Å². The molecule has 5 nitrogen and oxygen atoms in total. The van der Waals surface area contributed by atoms with Gasteiger partial charge in [-0.3, -0.25) is 9.69 Å². The standard InChI is InChI=1S/C14H28N4O/c1-12(15)13-5-3-4-6-18(13)11-14(19)17-9-7-16(2)8-10-17/h12-13H,3-11,15H2,1-2H3. The van der Waals surface area contributed by atoms with Gasteiger partial charge in [0.15, 0.2) is 0 Å². The highest BCUT2D eigenvalue weighted by Gasteiger charge is 2.29. The van der Waals surface area contributed by atoms with Crippen LogP contribution in [-0.2, 0) is 4.79 Å². The van der Waals surface area contributed by atoms with Crippen LogP contribution in [0.4, 0.5) is 0 Å². The first-order valence-electron chi connectivity index (χ1n) is 7.54. The van der Waals surface area contributed by atoms with E-state index < -0.39 is 0 Å². The molecule has 0 aliphatic carbocycles. The van der Waals surface area contributed by atoms with Gasteiger partial charge < -0.3 is 15.5 Å². The number of nitrogens with two attached hydrogens (primary N) is 1. The summed E-state index contributed by atoms with van der Waals surface area (Å²) in [5.74, 6) is 0.278. The van der Waals surface area contributed by atoms with Crippen LogP contribution in [0.2, 0.25) is 0 Å². The van der Waals surface area contributed by atoms with E-state index in [2.05, 4.69) is 23.8 Å². The Morgan fingerprint density at radius 2 is 1.89 bits per heavy atom. The highest BCUT2D eigenvalue weighted by atomic mass is 16.2. The van der Waals surface area contributed by atoms with Crippen LogP contribution in [0.1, 0.15) is 26.2 Å². The minimum Gasteiger partial charge on any atom is -0.339 e. The molecule has 110 valence electrons. The van der Waals surface area contributed by atoms with Gasteiger partial charge in [-0.2, -0.15) is 0 Å². The Morgan fingerprint density at radius 1 is 1.21 bits per heavy atom. The summed E-state index contributed by atoms with van der Waals surface area (Å²) in [5.41, 5.74) is 6.06. The zero-order chi connectivity index (χ0) is 13.8. The van der Waals surface area contributed by atoms with Gasteiger partial charge in [-0.15, -0.1) is 0 Å². The molecule has 2 fully saturated rings. The van der Waals surface area contributed by atoms with Crippen molar-refractivity contribution in [2.45, 2.75) is 38.3 Å². The molecule has 0 aromatic carbocycles. The summed E-state index contributed by atoms with van der Waals surface area (Å²) in [6, 6.07) is 0.533. The predicted octanol–water partition coefficient (Wildman–Crippen LogP) is -0.0379. The number of likely N-dealkylation sites (tertiary alicyclic amines) is 1. The average molecular weight is 268 g/mol. The summed E-state index contributed by atoms with van der Waals surface area (Å²) < 4.78 is 0. The van der Waals surface area contributed by atoms with Crippen molar-refractivity contribution >= 4 is 5.91 Å². The molecule has 0 spiro atoms. The van der Waals surface area contributed by atoms with Gasteiger partial charge in [0.25, 0.3) is 0 Å². The fourth-order valence-electron chi connectivity index (χ4n) is 3.14. The van der Waals surface area contributed by atoms with Gasteiger partial charge >= 0.3 is 0 Å². The van der Waals surface area contributed by atoms with Crippen molar-refractivity contribution in [2.75, 3.05) is 46.3 Å². The van der Waals surface area contributed by atoms with Crippen LogP contribution >= 0.6 is 0 Å². The van der Waals surface area contributed by atoms with Crippen LogP contribution in [0.3, 0.4) is 0 Å². The molecule has 2 heterocycles. The average Bonchev–Trinajstić information content (AvgIpc) is 2.39. The number of amides is 1. The summed E-state index contributed by atoms with van der Waals surface area (Å²) in [6.45, 7) is 7.34. The Labute approximate surface area is 116 Å². The molecule has 0 aromatic heterocycles. The van der Waals surface area contributed by atoms with Crippen molar-refractivity contribution in [3.05, 3.63) is 0 Å². The molecule has 1 amide bonds. The van der Waals surface area contributed by atoms with Gasteiger partial charge in [-0.25, -0.2) is 0 Å². The molecule has 0 bridgehead atoms. The van der Waals surface area contributed by atoms with Crippen LogP contribution < -0.4 is 5.73 Å². The van der Waals surface area contributed by atoms with Gasteiger partial charge in [0, 0.05) is 38.3 Å². The quantitative estimate of drug-likeness (QED) is 0.780. The number of carbonyl (C=O) groups excluding carboxylic acids is 1. The van der Waals surface area contributed by atoms with Crippen LogP contribution in [0, 0.1) is 0 Å². The molecule has 2 aliphatic heterocycles. The van der Waals surface area contributed by atoms with Crippen molar-refractivity contribution in [2.24, 2.45) is 5.73 Å². The first kappa shape index (κ1) is 14.8. The number of hydrogen-bond donors (Lipinski definition) is 1. The van der Waals surface area contributed by atoms with Crippen LogP contribution in [0.25, 0.3) is 0 Å². The minimum absolute atomic E-state index is 0.153. The zero-order valence-corrected chi connectivity index (χ0v) is 12.3. The molecule has 2 rings (SSSR count). The lowest BCUT2D eigenvalue weighted by Crippen LogP contribution is -2.55. The number of piperazine rings is 1. The third-order valence-electron chi connectivity index (χ3n) is 4.47. The number of hydrogen-bond acceptors (Lipinski definition) is 4. The maximum absolute atomic E-state index is 12.4. The Bertz CT molecular complexity index is 300. The first-order valence-corrected chi connectivity index (χ1v) is 7.54. The van der Waals surface area contributed by atoms with Crippen molar-refractivity contribution in [3.8, 4) is 0 Å². The Hall–Kier alpha value is -0.650. The maximum Gasteiger partial charge on any atom is 0.236 e. The second-order valence-corrected chi connectivity index (χ2v) is 6.08. The van der Waals surface area contributed by atoms with E-state index in [1.807, 2.05) is 4.90 Å². The van der Waals surface area contributed by atoms with Crippen molar-refractivity contribution in [1.29, 1.82) is 0 Å². The van der Waals surface area contributed by atoms with Gasteiger partial charge in [-0.05, 0) is 33.4 Å². The van der Waals surface area contributed by atoms with E-state index in [1.54, 1.807) is 0 Å². The van der Waals surface area contributed by atoms with Crippen LogP contribution in [-0.4, -0.2) is 79.0 Å². The van der Waals surface area contributed by atoms with Crippen LogP contribution in [0.15, 0.2) is 0 Å². The van der Waals surface area contributed by atoms with E-state index in [9.17, 15) is 4.79 Å². The smallest absolute Gasteiger partial charge is 0.236 e. The van der Waals surface area contributed by atoms with E-state index in [0.717, 1.165) is 39.1 Å². The molecule has 2 aliphatic rings. The summed E-state index contributed by atoms with van der Waals surface area (Å²) >= 11 is 0. The number of piperidine rings is 1. The summed E-state index contributed by atoms with van der Waals surface area (Å²) in [4.78, 5) is 18.9. The molecule has 2 N–H and O–H groups in total. The molecule has 19 heavy (non-hydrogen) atoms. The van der Waals surface area contributed by atoms with Crippen molar-refractivity contribution in [3.63, 3.8) is 0 Å². The lowest BCUT2D eigenvalue weighted by atomic mass is 9.97. The monoisotopic (exact) mass is 268 g/mol. The molecule has 2 saturated heterocycles. The Morgan fingerprint density at radius 3 is 2.53 bits per heavy atom. The van der Waals surface area contributed by atoms with Gasteiger partial charge in [0.2, 0.25) is 5.91 Å². The van der Waals surface area contributed by atoms with E-state index >= 15 is 0 Å². The second kappa shape index (κ2) is 6.68. The fraction of sp³-hybridized carbons (Fsp3) is 0.929. The largest absolute Gasteiger partial charge is 0.339 e. The Balaban J connectivity index is 1.86. The van der Waals surface area contributed by atoms with E-state index in [4.69, 9.17) is 5.73 Å². The topological polar surface area (TPSA) is 52.8 Å². The third-order valence-corrected chi connectivity index (χ3v) is 4.47. The minimum atomic E-state index is 0.153. The zero-order valence-electron chi connectivity index (χ0n) is 12.3. The molecule has 0 aromatic rings. The molecular weight excluding hydrogens is 240 g/mol. The first-order chi connectivity index (χ1) is 9.08. The summed E-state index contributed by atoms with van der Waals surface area (Å²) in [5, 5.41) is 0. The normalized spacial score (nSPS) is 28.4. The lowest BCUT2D eigenvalue weighted by Gasteiger charge is -2.39. The number of carbonyl (C=O) groups is 1. The van der Waals surface area contributed by atoms with E-state index in [0.29, 0.717) is 12.6 Å². The van der Waals surface area contributed by atoms with Gasteiger partial charge in [0.1, 0.15) is 0 Å². The third kappa shape index (κ3) is 3.91. The summed E-state index contributed by atoms with van der Waals surface area (Å²) in [7, 11) is 2.11. The van der Waals surface area contributed by atoms with Gasteiger partial charge in [-0.1, -0.05) is 6.42 Å². The second-order valence-electron chi connectivity index (χ2n) is 6.08. The number of likely N-dealkylation sites (N-methyl/N-ethyl adjacent to an activating group) is 1.